The minimum Gasteiger partial charge on any atom is -0.395 e. The van der Waals surface area contributed by atoms with Crippen LogP contribution >= 0.6 is 24.8 Å². The third-order valence-electron chi connectivity index (χ3n) is 2.25. The van der Waals surface area contributed by atoms with Gasteiger partial charge in [-0.3, -0.25) is 4.68 Å². The van der Waals surface area contributed by atoms with Crippen LogP contribution in [0.15, 0.2) is 0 Å². The molecule has 6 heteroatoms. The molecule has 0 spiro atoms. The van der Waals surface area contributed by atoms with Gasteiger partial charge >= 0.3 is 0 Å². The molecule has 0 radical (unpaired) electrons. The first-order chi connectivity index (χ1) is 6.16. The third-order valence-corrected chi connectivity index (χ3v) is 2.25. The monoisotopic (exact) mass is 255 g/mol. The van der Waals surface area contributed by atoms with Crippen LogP contribution in [0.25, 0.3) is 0 Å². The molecule has 0 bridgehead atoms. The molecule has 1 rings (SSSR count). The molecule has 2 N–H and O–H groups in total. The summed E-state index contributed by atoms with van der Waals surface area (Å²) in [6.45, 7) is 5.65. The van der Waals surface area contributed by atoms with Crippen LogP contribution in [-0.2, 0) is 13.6 Å². The molecule has 1 aromatic rings. The zero-order valence-electron chi connectivity index (χ0n) is 9.28. The zero-order chi connectivity index (χ0) is 9.84. The molecule has 1 aromatic heterocycles. The number of aromatic nitrogens is 2. The summed E-state index contributed by atoms with van der Waals surface area (Å²) in [5, 5.41) is 16.1. The molecule has 90 valence electrons. The Morgan fingerprint density at radius 3 is 2.33 bits per heavy atom. The highest BCUT2D eigenvalue weighted by molar-refractivity contribution is 5.85. The van der Waals surface area contributed by atoms with Gasteiger partial charge in [-0.2, -0.15) is 5.10 Å². The van der Waals surface area contributed by atoms with Crippen LogP contribution < -0.4 is 5.32 Å². The molecule has 15 heavy (non-hydrogen) atoms. The predicted octanol–water partition coefficient (Wildman–Crippen LogP) is 0.962. The molecule has 1 heterocycles. The molecule has 0 fully saturated rings. The SMILES string of the molecule is Cc1nn(C)c(C)c1CNCCO.Cl.Cl. The maximum atomic E-state index is 8.60. The lowest BCUT2D eigenvalue weighted by atomic mass is 10.2. The fourth-order valence-corrected chi connectivity index (χ4v) is 1.37. The van der Waals surface area contributed by atoms with Crippen molar-refractivity contribution in [1.82, 2.24) is 15.1 Å². The van der Waals surface area contributed by atoms with Gasteiger partial charge in [0.1, 0.15) is 0 Å². The summed E-state index contributed by atoms with van der Waals surface area (Å²) in [4.78, 5) is 0. The Kier molecular flexibility index (Phi) is 9.05. The Hall–Kier alpha value is -0.290. The van der Waals surface area contributed by atoms with Crippen molar-refractivity contribution in [3.63, 3.8) is 0 Å². The van der Waals surface area contributed by atoms with E-state index in [4.69, 9.17) is 5.11 Å². The van der Waals surface area contributed by atoms with E-state index in [9.17, 15) is 0 Å². The average Bonchev–Trinajstić information content (AvgIpc) is 2.32. The van der Waals surface area contributed by atoms with E-state index in [1.165, 1.54) is 11.3 Å². The largest absolute Gasteiger partial charge is 0.395 e. The molecule has 0 aliphatic heterocycles. The number of nitrogens with zero attached hydrogens (tertiary/aromatic N) is 2. The second kappa shape index (κ2) is 7.93. The first-order valence-corrected chi connectivity index (χ1v) is 4.47. The first-order valence-electron chi connectivity index (χ1n) is 4.47. The average molecular weight is 256 g/mol. The number of rotatable bonds is 4. The Bertz CT molecular complexity index is 289. The standard InChI is InChI=1S/C9H17N3O.2ClH/c1-7-9(6-10-4-5-13)8(2)12(3)11-7;;/h10,13H,4-6H2,1-3H3;2*1H. The number of nitrogens with one attached hydrogen (secondary N) is 1. The van der Waals surface area contributed by atoms with Gasteiger partial charge in [0.2, 0.25) is 0 Å². The Balaban J connectivity index is 0. The number of aliphatic hydroxyl groups is 1. The summed E-state index contributed by atoms with van der Waals surface area (Å²) in [6.07, 6.45) is 0. The van der Waals surface area contributed by atoms with Crippen LogP contribution in [0.2, 0.25) is 0 Å². The van der Waals surface area contributed by atoms with Crippen LogP contribution in [0.3, 0.4) is 0 Å². The summed E-state index contributed by atoms with van der Waals surface area (Å²) in [5.74, 6) is 0. The first kappa shape index (κ1) is 17.1. The highest BCUT2D eigenvalue weighted by Gasteiger charge is 2.07. The van der Waals surface area contributed by atoms with Crippen molar-refractivity contribution >= 4 is 24.8 Å². The Morgan fingerprint density at radius 2 is 1.93 bits per heavy atom. The summed E-state index contributed by atoms with van der Waals surface area (Å²) in [7, 11) is 1.94. The van der Waals surface area contributed by atoms with Crippen molar-refractivity contribution in [3.05, 3.63) is 17.0 Å². The van der Waals surface area contributed by atoms with Crippen molar-refractivity contribution < 1.29 is 5.11 Å². The molecular formula is C9H19Cl2N3O. The molecule has 4 nitrogen and oxygen atoms in total. The van der Waals surface area contributed by atoms with Gasteiger partial charge in [-0.05, 0) is 13.8 Å². The highest BCUT2D eigenvalue weighted by atomic mass is 35.5. The van der Waals surface area contributed by atoms with Gasteiger partial charge < -0.3 is 10.4 Å². The lowest BCUT2D eigenvalue weighted by Crippen LogP contribution is -2.18. The van der Waals surface area contributed by atoms with Gasteiger partial charge in [-0.1, -0.05) is 0 Å². The quantitative estimate of drug-likeness (QED) is 0.789. The second-order valence-corrected chi connectivity index (χ2v) is 3.17. The summed E-state index contributed by atoms with van der Waals surface area (Å²) in [6, 6.07) is 0. The van der Waals surface area contributed by atoms with E-state index in [0.29, 0.717) is 6.54 Å². The van der Waals surface area contributed by atoms with E-state index in [2.05, 4.69) is 17.3 Å². The lowest BCUT2D eigenvalue weighted by Gasteiger charge is -2.02. The van der Waals surface area contributed by atoms with Crippen LogP contribution in [0.4, 0.5) is 0 Å². The normalized spacial score (nSPS) is 9.33. The van der Waals surface area contributed by atoms with Crippen LogP contribution in [0, 0.1) is 13.8 Å². The van der Waals surface area contributed by atoms with Gasteiger partial charge in [0, 0.05) is 31.4 Å². The molecule has 0 amide bonds. The molecule has 0 aliphatic carbocycles. The van der Waals surface area contributed by atoms with Gasteiger partial charge in [0.15, 0.2) is 0 Å². The zero-order valence-corrected chi connectivity index (χ0v) is 10.9. The minimum absolute atomic E-state index is 0. The van der Waals surface area contributed by atoms with Crippen molar-refractivity contribution in [2.75, 3.05) is 13.2 Å². The third kappa shape index (κ3) is 4.38. The van der Waals surface area contributed by atoms with Gasteiger partial charge in [-0.25, -0.2) is 0 Å². The molecule has 0 atom stereocenters. The highest BCUT2D eigenvalue weighted by Crippen LogP contribution is 2.10. The van der Waals surface area contributed by atoms with Gasteiger partial charge in [0.25, 0.3) is 0 Å². The van der Waals surface area contributed by atoms with Crippen LogP contribution in [0.1, 0.15) is 17.0 Å². The van der Waals surface area contributed by atoms with E-state index in [1.54, 1.807) is 0 Å². The second-order valence-electron chi connectivity index (χ2n) is 3.17. The fourth-order valence-electron chi connectivity index (χ4n) is 1.37. The molecule has 0 saturated carbocycles. The molecule has 0 saturated heterocycles. The minimum atomic E-state index is 0. The number of hydrogen-bond donors (Lipinski definition) is 2. The molecular weight excluding hydrogens is 237 g/mol. The Morgan fingerprint density at radius 1 is 1.33 bits per heavy atom. The number of aliphatic hydroxyl groups excluding tert-OH is 1. The van der Waals surface area contributed by atoms with E-state index < -0.39 is 0 Å². The predicted molar refractivity (Wildman–Crippen MR) is 66.0 cm³/mol. The lowest BCUT2D eigenvalue weighted by molar-refractivity contribution is 0.292. The van der Waals surface area contributed by atoms with Gasteiger partial charge in [0.05, 0.1) is 12.3 Å². The molecule has 0 aromatic carbocycles. The number of halogens is 2. The summed E-state index contributed by atoms with van der Waals surface area (Å²) >= 11 is 0. The number of aryl methyl sites for hydroxylation is 2. The van der Waals surface area contributed by atoms with E-state index in [1.807, 2.05) is 18.7 Å². The van der Waals surface area contributed by atoms with E-state index in [-0.39, 0.29) is 31.4 Å². The number of hydrogen-bond acceptors (Lipinski definition) is 3. The van der Waals surface area contributed by atoms with Crippen molar-refractivity contribution in [1.29, 1.82) is 0 Å². The maximum Gasteiger partial charge on any atom is 0.0641 e. The summed E-state index contributed by atoms with van der Waals surface area (Å²) in [5.41, 5.74) is 3.48. The maximum absolute atomic E-state index is 8.60. The Labute approximate surface area is 103 Å². The topological polar surface area (TPSA) is 50.1 Å². The van der Waals surface area contributed by atoms with E-state index in [0.717, 1.165) is 12.2 Å². The summed E-state index contributed by atoms with van der Waals surface area (Å²) < 4.78 is 1.88. The van der Waals surface area contributed by atoms with Crippen LogP contribution in [0.5, 0.6) is 0 Å². The van der Waals surface area contributed by atoms with Crippen molar-refractivity contribution in [2.24, 2.45) is 7.05 Å². The smallest absolute Gasteiger partial charge is 0.0641 e. The van der Waals surface area contributed by atoms with Crippen LogP contribution in [-0.4, -0.2) is 28.0 Å². The van der Waals surface area contributed by atoms with Crippen molar-refractivity contribution in [2.45, 2.75) is 20.4 Å². The fraction of sp³-hybridized carbons (Fsp3) is 0.667. The molecule has 0 aliphatic rings. The van der Waals surface area contributed by atoms with Gasteiger partial charge in [-0.15, -0.1) is 24.8 Å². The van der Waals surface area contributed by atoms with Crippen molar-refractivity contribution in [3.8, 4) is 0 Å². The molecule has 0 unspecified atom stereocenters. The van der Waals surface area contributed by atoms with E-state index >= 15 is 0 Å².